The Labute approximate surface area is 60.3 Å². The van der Waals surface area contributed by atoms with E-state index in [0.29, 0.717) is 12.8 Å². The highest BCUT2D eigenvalue weighted by Crippen LogP contribution is 2.34. The summed E-state index contributed by atoms with van der Waals surface area (Å²) in [5, 5.41) is 27.5. The van der Waals surface area contributed by atoms with Gasteiger partial charge in [-0.25, -0.2) is 0 Å². The van der Waals surface area contributed by atoms with Crippen molar-refractivity contribution in [3.63, 3.8) is 0 Å². The van der Waals surface area contributed by atoms with Gasteiger partial charge in [-0.15, -0.1) is 0 Å². The van der Waals surface area contributed by atoms with Crippen LogP contribution in [0.5, 0.6) is 0 Å². The predicted octanol–water partition coefficient (Wildman–Crippen LogP) is -0.499. The first kappa shape index (κ1) is 7.98. The van der Waals surface area contributed by atoms with E-state index in [-0.39, 0.29) is 12.5 Å². The summed E-state index contributed by atoms with van der Waals surface area (Å²) in [6.45, 7) is 1.54. The summed E-state index contributed by atoms with van der Waals surface area (Å²) >= 11 is 0. The third-order valence-corrected chi connectivity index (χ3v) is 2.51. The zero-order chi connectivity index (χ0) is 7.78. The summed E-state index contributed by atoms with van der Waals surface area (Å²) in [5.41, 5.74) is -1.07. The van der Waals surface area contributed by atoms with Crippen LogP contribution in [0.3, 0.4) is 0 Å². The van der Waals surface area contributed by atoms with Gasteiger partial charge in [0.05, 0.1) is 11.7 Å². The molecular formula is C7H14O3. The van der Waals surface area contributed by atoms with Crippen molar-refractivity contribution in [1.29, 1.82) is 0 Å². The molecule has 0 saturated heterocycles. The van der Waals surface area contributed by atoms with Crippen LogP contribution in [0.15, 0.2) is 0 Å². The molecule has 0 radical (unpaired) electrons. The van der Waals surface area contributed by atoms with E-state index >= 15 is 0 Å². The number of aliphatic hydroxyl groups excluding tert-OH is 2. The Kier molecular flexibility index (Phi) is 1.99. The largest absolute Gasteiger partial charge is 0.396 e. The minimum atomic E-state index is -1.07. The van der Waals surface area contributed by atoms with Crippen LogP contribution in [0.1, 0.15) is 19.8 Å². The summed E-state index contributed by atoms with van der Waals surface area (Å²) in [6, 6.07) is 0. The van der Waals surface area contributed by atoms with E-state index in [1.54, 1.807) is 6.92 Å². The van der Waals surface area contributed by atoms with E-state index in [2.05, 4.69) is 0 Å². The maximum absolute atomic E-state index is 9.51. The molecule has 1 rings (SSSR count). The maximum atomic E-state index is 9.51. The number of hydrogen-bond donors (Lipinski definition) is 3. The maximum Gasteiger partial charge on any atom is 0.0927 e. The zero-order valence-electron chi connectivity index (χ0n) is 6.12. The highest BCUT2D eigenvalue weighted by Gasteiger charge is 2.43. The van der Waals surface area contributed by atoms with Gasteiger partial charge in [-0.05, 0) is 19.8 Å². The lowest BCUT2D eigenvalue weighted by atomic mass is 9.92. The van der Waals surface area contributed by atoms with Crippen LogP contribution in [0.2, 0.25) is 0 Å². The topological polar surface area (TPSA) is 60.7 Å². The lowest BCUT2D eigenvalue weighted by molar-refractivity contribution is -0.0768. The number of aliphatic hydroxyl groups is 3. The molecule has 10 heavy (non-hydrogen) atoms. The van der Waals surface area contributed by atoms with Crippen molar-refractivity contribution in [2.24, 2.45) is 5.92 Å². The molecule has 60 valence electrons. The highest BCUT2D eigenvalue weighted by molar-refractivity contribution is 4.95. The Morgan fingerprint density at radius 3 is 2.30 bits per heavy atom. The molecule has 1 fully saturated rings. The predicted molar refractivity (Wildman–Crippen MR) is 36.4 cm³/mol. The smallest absolute Gasteiger partial charge is 0.0927 e. The first-order chi connectivity index (χ1) is 4.59. The lowest BCUT2D eigenvalue weighted by Gasteiger charge is -2.26. The van der Waals surface area contributed by atoms with Gasteiger partial charge in [0.2, 0.25) is 0 Å². The quantitative estimate of drug-likeness (QED) is 0.467. The van der Waals surface area contributed by atoms with E-state index in [0.717, 1.165) is 0 Å². The standard InChI is InChI=1S/C7H14O3/c1-7(10)5(4-8)2-3-6(7)9/h5-6,8-10H,2-4H2,1H3/t5?,6-,7+/m0/s1. The molecule has 1 unspecified atom stereocenters. The molecule has 3 heteroatoms. The third-order valence-electron chi connectivity index (χ3n) is 2.51. The van der Waals surface area contributed by atoms with Crippen LogP contribution in [0.25, 0.3) is 0 Å². The van der Waals surface area contributed by atoms with Gasteiger partial charge in [-0.2, -0.15) is 0 Å². The molecule has 1 aliphatic rings. The van der Waals surface area contributed by atoms with Gasteiger partial charge in [0, 0.05) is 12.5 Å². The molecule has 0 aromatic heterocycles. The summed E-state index contributed by atoms with van der Waals surface area (Å²) in [4.78, 5) is 0. The van der Waals surface area contributed by atoms with Crippen molar-refractivity contribution in [3.05, 3.63) is 0 Å². The molecule has 1 saturated carbocycles. The molecule has 0 bridgehead atoms. The van der Waals surface area contributed by atoms with Gasteiger partial charge in [-0.1, -0.05) is 0 Å². The molecule has 0 amide bonds. The Hall–Kier alpha value is -0.120. The minimum Gasteiger partial charge on any atom is -0.396 e. The van der Waals surface area contributed by atoms with Crippen molar-refractivity contribution in [2.75, 3.05) is 6.61 Å². The highest BCUT2D eigenvalue weighted by atomic mass is 16.3. The van der Waals surface area contributed by atoms with Gasteiger partial charge < -0.3 is 15.3 Å². The minimum absolute atomic E-state index is 0.0376. The van der Waals surface area contributed by atoms with Crippen molar-refractivity contribution < 1.29 is 15.3 Å². The van der Waals surface area contributed by atoms with Crippen LogP contribution in [-0.2, 0) is 0 Å². The fourth-order valence-corrected chi connectivity index (χ4v) is 1.49. The summed E-state index contributed by atoms with van der Waals surface area (Å²) < 4.78 is 0. The van der Waals surface area contributed by atoms with E-state index in [9.17, 15) is 10.2 Å². The van der Waals surface area contributed by atoms with E-state index in [4.69, 9.17) is 5.11 Å². The SMILES string of the molecule is C[C@@]1(O)C(CO)CC[C@@H]1O. The van der Waals surface area contributed by atoms with Gasteiger partial charge in [0.1, 0.15) is 0 Å². The molecule has 0 aromatic rings. The Bertz CT molecular complexity index is 122. The zero-order valence-corrected chi connectivity index (χ0v) is 6.12. The molecule has 3 atom stereocenters. The van der Waals surface area contributed by atoms with E-state index in [1.165, 1.54) is 0 Å². The second-order valence-electron chi connectivity index (χ2n) is 3.20. The third kappa shape index (κ3) is 1.05. The van der Waals surface area contributed by atoms with Crippen LogP contribution < -0.4 is 0 Å². The Morgan fingerprint density at radius 1 is 1.50 bits per heavy atom. The van der Waals surface area contributed by atoms with Gasteiger partial charge in [0.25, 0.3) is 0 Å². The molecule has 1 aliphatic carbocycles. The fourth-order valence-electron chi connectivity index (χ4n) is 1.49. The average molecular weight is 146 g/mol. The Balaban J connectivity index is 2.64. The first-order valence-electron chi connectivity index (χ1n) is 3.60. The van der Waals surface area contributed by atoms with Crippen molar-refractivity contribution in [3.8, 4) is 0 Å². The van der Waals surface area contributed by atoms with Crippen LogP contribution >= 0.6 is 0 Å². The van der Waals surface area contributed by atoms with Gasteiger partial charge in [0.15, 0.2) is 0 Å². The fraction of sp³-hybridized carbons (Fsp3) is 1.00. The number of hydrogen-bond acceptors (Lipinski definition) is 3. The Morgan fingerprint density at radius 2 is 2.10 bits per heavy atom. The first-order valence-corrected chi connectivity index (χ1v) is 3.60. The molecule has 0 spiro atoms. The second-order valence-corrected chi connectivity index (χ2v) is 3.20. The average Bonchev–Trinajstić information content (AvgIpc) is 2.10. The summed E-state index contributed by atoms with van der Waals surface area (Å²) in [5.74, 6) is -0.150. The summed E-state index contributed by atoms with van der Waals surface area (Å²) in [6.07, 6.45) is 0.646. The van der Waals surface area contributed by atoms with Gasteiger partial charge in [-0.3, -0.25) is 0 Å². The molecule has 0 heterocycles. The molecule has 3 nitrogen and oxygen atoms in total. The van der Waals surface area contributed by atoms with Gasteiger partial charge >= 0.3 is 0 Å². The molecule has 0 aromatic carbocycles. The van der Waals surface area contributed by atoms with Crippen molar-refractivity contribution >= 4 is 0 Å². The van der Waals surface area contributed by atoms with Crippen LogP contribution in [-0.4, -0.2) is 33.6 Å². The number of rotatable bonds is 1. The van der Waals surface area contributed by atoms with E-state index < -0.39 is 11.7 Å². The monoisotopic (exact) mass is 146 g/mol. The normalized spacial score (nSPS) is 48.0. The second kappa shape index (κ2) is 2.49. The van der Waals surface area contributed by atoms with E-state index in [1.807, 2.05) is 0 Å². The van der Waals surface area contributed by atoms with Crippen molar-refractivity contribution in [1.82, 2.24) is 0 Å². The molecule has 0 aliphatic heterocycles. The molecule has 3 N–H and O–H groups in total. The van der Waals surface area contributed by atoms with Crippen LogP contribution in [0, 0.1) is 5.92 Å². The van der Waals surface area contributed by atoms with Crippen molar-refractivity contribution in [2.45, 2.75) is 31.5 Å². The summed E-state index contributed by atoms with van der Waals surface area (Å²) in [7, 11) is 0. The lowest BCUT2D eigenvalue weighted by Crippen LogP contribution is -2.41. The molecular weight excluding hydrogens is 132 g/mol. The van der Waals surface area contributed by atoms with Crippen LogP contribution in [0.4, 0.5) is 0 Å².